The number of benzene rings is 1. The molecular formula is C14H20N2O3. The molecule has 0 saturated carbocycles. The molecule has 0 heterocycles. The molecule has 0 saturated heterocycles. The van der Waals surface area contributed by atoms with Gasteiger partial charge < -0.3 is 10.1 Å². The predicted octanol–water partition coefficient (Wildman–Crippen LogP) is 0.716. The minimum Gasteiger partial charge on any atom is -0.468 e. The van der Waals surface area contributed by atoms with Gasteiger partial charge in [0.05, 0.1) is 20.2 Å². The van der Waals surface area contributed by atoms with Gasteiger partial charge in [-0.05, 0) is 19.5 Å². The number of esters is 1. The first-order valence-corrected chi connectivity index (χ1v) is 6.09. The Morgan fingerprint density at radius 3 is 2.42 bits per heavy atom. The second-order valence-electron chi connectivity index (χ2n) is 4.51. The van der Waals surface area contributed by atoms with Gasteiger partial charge >= 0.3 is 5.97 Å². The molecule has 1 rings (SSSR count). The first-order valence-electron chi connectivity index (χ1n) is 6.09. The number of methoxy groups -OCH3 is 1. The average Bonchev–Trinajstić information content (AvgIpc) is 2.37. The molecule has 104 valence electrons. The van der Waals surface area contributed by atoms with Gasteiger partial charge in [0.2, 0.25) is 5.91 Å². The van der Waals surface area contributed by atoms with E-state index in [1.807, 2.05) is 31.2 Å². The molecule has 1 amide bonds. The zero-order chi connectivity index (χ0) is 14.3. The summed E-state index contributed by atoms with van der Waals surface area (Å²) in [7, 11) is 3.02. The standard InChI is InChI=1S/C14H20N2O3/c1-11-4-6-12(7-5-11)8-15-13(17)9-16(2)10-14(18)19-3/h4-7H,8-10H2,1-3H3,(H,15,17). The smallest absolute Gasteiger partial charge is 0.319 e. The SMILES string of the molecule is COC(=O)CN(C)CC(=O)NCc1ccc(C)cc1. The lowest BCUT2D eigenvalue weighted by Gasteiger charge is -2.14. The highest BCUT2D eigenvalue weighted by Crippen LogP contribution is 2.02. The minimum absolute atomic E-state index is 0.106. The number of aryl methyl sites for hydroxylation is 1. The van der Waals surface area contributed by atoms with Crippen LogP contribution in [0.5, 0.6) is 0 Å². The first kappa shape index (κ1) is 15.2. The van der Waals surface area contributed by atoms with Gasteiger partial charge in [0, 0.05) is 6.54 Å². The maximum absolute atomic E-state index is 11.7. The third kappa shape index (κ3) is 6.01. The van der Waals surface area contributed by atoms with E-state index < -0.39 is 0 Å². The molecule has 0 unspecified atom stereocenters. The summed E-state index contributed by atoms with van der Waals surface area (Å²) >= 11 is 0. The Morgan fingerprint density at radius 2 is 1.84 bits per heavy atom. The van der Waals surface area contributed by atoms with Crippen LogP contribution in [0.15, 0.2) is 24.3 Å². The second kappa shape index (κ2) is 7.53. The quantitative estimate of drug-likeness (QED) is 0.769. The van der Waals surface area contributed by atoms with E-state index in [0.717, 1.165) is 5.56 Å². The van der Waals surface area contributed by atoms with E-state index in [4.69, 9.17) is 0 Å². The van der Waals surface area contributed by atoms with E-state index in [9.17, 15) is 9.59 Å². The van der Waals surface area contributed by atoms with Crippen LogP contribution < -0.4 is 5.32 Å². The molecule has 0 spiro atoms. The number of amides is 1. The van der Waals surface area contributed by atoms with Crippen molar-refractivity contribution >= 4 is 11.9 Å². The van der Waals surface area contributed by atoms with Crippen LogP contribution in [0.4, 0.5) is 0 Å². The van der Waals surface area contributed by atoms with Crippen molar-refractivity contribution in [3.05, 3.63) is 35.4 Å². The lowest BCUT2D eigenvalue weighted by atomic mass is 10.1. The summed E-state index contributed by atoms with van der Waals surface area (Å²) in [5, 5.41) is 2.81. The Kier molecular flexibility index (Phi) is 6.02. The summed E-state index contributed by atoms with van der Waals surface area (Å²) in [5.74, 6) is -0.471. The molecule has 1 aromatic carbocycles. The maximum Gasteiger partial charge on any atom is 0.319 e. The van der Waals surface area contributed by atoms with Crippen molar-refractivity contribution in [2.45, 2.75) is 13.5 Å². The molecule has 0 aliphatic heterocycles. The van der Waals surface area contributed by atoms with Crippen LogP contribution in [0.25, 0.3) is 0 Å². The molecule has 5 heteroatoms. The van der Waals surface area contributed by atoms with Crippen molar-refractivity contribution in [1.29, 1.82) is 0 Å². The number of nitrogens with zero attached hydrogens (tertiary/aromatic N) is 1. The highest BCUT2D eigenvalue weighted by atomic mass is 16.5. The van der Waals surface area contributed by atoms with Gasteiger partial charge in [0.15, 0.2) is 0 Å². The van der Waals surface area contributed by atoms with Crippen LogP contribution in [-0.2, 0) is 20.9 Å². The molecule has 1 N–H and O–H groups in total. The van der Waals surface area contributed by atoms with Crippen molar-refractivity contribution in [2.75, 3.05) is 27.2 Å². The molecule has 0 bridgehead atoms. The minimum atomic E-state index is -0.353. The van der Waals surface area contributed by atoms with Crippen LogP contribution in [-0.4, -0.2) is 44.0 Å². The number of hydrogen-bond acceptors (Lipinski definition) is 4. The van der Waals surface area contributed by atoms with E-state index in [1.54, 1.807) is 11.9 Å². The van der Waals surface area contributed by atoms with Gasteiger partial charge in [-0.3, -0.25) is 14.5 Å². The largest absolute Gasteiger partial charge is 0.468 e. The highest BCUT2D eigenvalue weighted by Gasteiger charge is 2.10. The van der Waals surface area contributed by atoms with Crippen LogP contribution in [0.1, 0.15) is 11.1 Å². The Hall–Kier alpha value is -1.88. The molecule has 19 heavy (non-hydrogen) atoms. The number of nitrogens with one attached hydrogen (secondary N) is 1. The fourth-order valence-corrected chi connectivity index (χ4v) is 1.55. The lowest BCUT2D eigenvalue weighted by molar-refractivity contribution is -0.141. The van der Waals surface area contributed by atoms with Gasteiger partial charge in [0.25, 0.3) is 0 Å². The Labute approximate surface area is 113 Å². The maximum atomic E-state index is 11.7. The third-order valence-corrected chi connectivity index (χ3v) is 2.65. The zero-order valence-electron chi connectivity index (χ0n) is 11.6. The van der Waals surface area contributed by atoms with Crippen LogP contribution in [0.3, 0.4) is 0 Å². The average molecular weight is 264 g/mol. The molecule has 1 aromatic rings. The van der Waals surface area contributed by atoms with E-state index in [2.05, 4.69) is 10.1 Å². The Bertz CT molecular complexity index is 429. The van der Waals surface area contributed by atoms with Gasteiger partial charge in [0.1, 0.15) is 0 Å². The van der Waals surface area contributed by atoms with E-state index in [-0.39, 0.29) is 25.0 Å². The molecule has 0 aliphatic rings. The van der Waals surface area contributed by atoms with Crippen molar-refractivity contribution in [1.82, 2.24) is 10.2 Å². The third-order valence-electron chi connectivity index (χ3n) is 2.65. The number of carbonyl (C=O) groups is 2. The van der Waals surface area contributed by atoms with Crippen LogP contribution in [0.2, 0.25) is 0 Å². The highest BCUT2D eigenvalue weighted by molar-refractivity contribution is 5.79. The van der Waals surface area contributed by atoms with Crippen molar-refractivity contribution < 1.29 is 14.3 Å². The fourth-order valence-electron chi connectivity index (χ4n) is 1.55. The molecule has 0 aromatic heterocycles. The molecule has 0 fully saturated rings. The number of rotatable bonds is 6. The summed E-state index contributed by atoms with van der Waals surface area (Å²) in [6.45, 7) is 2.78. The van der Waals surface area contributed by atoms with Crippen molar-refractivity contribution in [3.63, 3.8) is 0 Å². The van der Waals surface area contributed by atoms with E-state index in [1.165, 1.54) is 12.7 Å². The topological polar surface area (TPSA) is 58.6 Å². The van der Waals surface area contributed by atoms with Crippen LogP contribution >= 0.6 is 0 Å². The monoisotopic (exact) mass is 264 g/mol. The zero-order valence-corrected chi connectivity index (χ0v) is 11.6. The second-order valence-corrected chi connectivity index (χ2v) is 4.51. The molecule has 5 nitrogen and oxygen atoms in total. The van der Waals surface area contributed by atoms with Crippen molar-refractivity contribution in [3.8, 4) is 0 Å². The summed E-state index contributed by atoms with van der Waals surface area (Å²) in [5.41, 5.74) is 2.24. The van der Waals surface area contributed by atoms with Crippen LogP contribution in [0, 0.1) is 6.92 Å². The summed E-state index contributed by atoms with van der Waals surface area (Å²) in [4.78, 5) is 24.3. The molecular weight excluding hydrogens is 244 g/mol. The van der Waals surface area contributed by atoms with E-state index >= 15 is 0 Å². The Morgan fingerprint density at radius 1 is 1.21 bits per heavy atom. The van der Waals surface area contributed by atoms with Gasteiger partial charge in [-0.1, -0.05) is 29.8 Å². The molecule has 0 aliphatic carbocycles. The number of carbonyl (C=O) groups excluding carboxylic acids is 2. The predicted molar refractivity (Wildman–Crippen MR) is 72.5 cm³/mol. The summed E-state index contributed by atoms with van der Waals surface area (Å²) < 4.78 is 4.53. The van der Waals surface area contributed by atoms with E-state index in [0.29, 0.717) is 6.54 Å². The summed E-state index contributed by atoms with van der Waals surface area (Å²) in [6, 6.07) is 7.97. The van der Waals surface area contributed by atoms with Gasteiger partial charge in [-0.15, -0.1) is 0 Å². The fraction of sp³-hybridized carbons (Fsp3) is 0.429. The van der Waals surface area contributed by atoms with Gasteiger partial charge in [-0.25, -0.2) is 0 Å². The first-order chi connectivity index (χ1) is 9.01. The lowest BCUT2D eigenvalue weighted by Crippen LogP contribution is -2.37. The number of ether oxygens (including phenoxy) is 1. The number of hydrogen-bond donors (Lipinski definition) is 1. The summed E-state index contributed by atoms with van der Waals surface area (Å²) in [6.07, 6.45) is 0. The van der Waals surface area contributed by atoms with Crippen molar-refractivity contribution in [2.24, 2.45) is 0 Å². The molecule has 0 atom stereocenters. The normalized spacial score (nSPS) is 10.3. The Balaban J connectivity index is 2.31. The number of likely N-dealkylation sites (N-methyl/N-ethyl adjacent to an activating group) is 1. The van der Waals surface area contributed by atoms with Gasteiger partial charge in [-0.2, -0.15) is 0 Å². The molecule has 0 radical (unpaired) electrons.